The molecule has 28 heavy (non-hydrogen) atoms. The number of nitrogens with one attached hydrogen (secondary N) is 1. The molecule has 1 aromatic carbocycles. The molecule has 0 unspecified atom stereocenters. The van der Waals surface area contributed by atoms with Crippen LogP contribution in [-0.4, -0.2) is 27.2 Å². The van der Waals surface area contributed by atoms with Gasteiger partial charge in [0.05, 0.1) is 28.8 Å². The smallest absolute Gasteiger partial charge is 0.306 e. The van der Waals surface area contributed by atoms with Crippen LogP contribution in [0.15, 0.2) is 30.5 Å². The van der Waals surface area contributed by atoms with Crippen LogP contribution in [0.1, 0.15) is 11.3 Å². The van der Waals surface area contributed by atoms with Gasteiger partial charge in [0.15, 0.2) is 5.65 Å². The number of hydrogen-bond acceptors (Lipinski definition) is 4. The van der Waals surface area contributed by atoms with Crippen molar-refractivity contribution < 1.29 is 27.2 Å². The number of pyridine rings is 1. The summed E-state index contributed by atoms with van der Waals surface area (Å²) < 4.78 is 53.6. The molecule has 0 saturated carbocycles. The van der Waals surface area contributed by atoms with E-state index in [9.17, 15) is 27.2 Å². The first kappa shape index (κ1) is 19.3. The molecule has 0 aliphatic heterocycles. The van der Waals surface area contributed by atoms with Gasteiger partial charge in [0, 0.05) is 12.4 Å². The molecule has 11 heteroatoms. The number of aromatic nitrogens is 3. The molecule has 0 aliphatic carbocycles. The van der Waals surface area contributed by atoms with Crippen LogP contribution in [0, 0.1) is 12.7 Å². The van der Waals surface area contributed by atoms with E-state index >= 15 is 0 Å². The van der Waals surface area contributed by atoms with Crippen LogP contribution >= 0.6 is 0 Å². The molecule has 3 aromatic rings. The Bertz CT molecular complexity index is 1080. The highest BCUT2D eigenvalue weighted by Gasteiger charge is 2.35. The maximum Gasteiger partial charge on any atom is 0.419 e. The number of nitrogens with zero attached hydrogens (tertiary/aromatic N) is 4. The van der Waals surface area contributed by atoms with Gasteiger partial charge in [-0.3, -0.25) is 9.48 Å². The van der Waals surface area contributed by atoms with Gasteiger partial charge in [-0.05, 0) is 31.2 Å². The Hall–Kier alpha value is -3.50. The summed E-state index contributed by atoms with van der Waals surface area (Å²) >= 11 is 0. The minimum Gasteiger partial charge on any atom is -0.306 e. The number of alkyl halides is 3. The van der Waals surface area contributed by atoms with Crippen LogP contribution in [0.4, 0.5) is 33.7 Å². The first-order valence-electron chi connectivity index (χ1n) is 7.83. The number of fused-ring (bicyclic) bond motifs is 1. The third-order valence-electron chi connectivity index (χ3n) is 3.97. The summed E-state index contributed by atoms with van der Waals surface area (Å²) in [6.45, 7) is 1.74. The number of rotatable bonds is 3. The maximum atomic E-state index is 13.4. The second kappa shape index (κ2) is 6.91. The largest absolute Gasteiger partial charge is 0.419 e. The van der Waals surface area contributed by atoms with Crippen LogP contribution in [0.5, 0.6) is 0 Å². The van der Waals surface area contributed by atoms with Crippen molar-refractivity contribution in [3.8, 4) is 0 Å². The van der Waals surface area contributed by atoms with Gasteiger partial charge in [-0.1, -0.05) is 0 Å². The van der Waals surface area contributed by atoms with Gasteiger partial charge in [-0.25, -0.2) is 19.1 Å². The summed E-state index contributed by atoms with van der Waals surface area (Å²) in [4.78, 5) is 28.2. The number of amides is 3. The van der Waals surface area contributed by atoms with Gasteiger partial charge in [0.2, 0.25) is 6.41 Å². The molecule has 0 atom stereocenters. The minimum atomic E-state index is -4.97. The lowest BCUT2D eigenvalue weighted by atomic mass is 10.1. The molecule has 0 radical (unpaired) electrons. The summed E-state index contributed by atoms with van der Waals surface area (Å²) in [5, 5.41) is 7.21. The van der Waals surface area contributed by atoms with Crippen molar-refractivity contribution in [2.24, 2.45) is 7.05 Å². The standard InChI is InChI=1S/C17H13F4N5O2/c1-9-12-5-10(7-22-15(12)25(2)24-9)23-16(28)26(8-27)11-3-4-14(18)13(6-11)17(19,20)21/h3-8H,1-2H3,(H,23,28). The Morgan fingerprint density at radius 3 is 2.64 bits per heavy atom. The van der Waals surface area contributed by atoms with E-state index in [-0.39, 0.29) is 12.1 Å². The van der Waals surface area contributed by atoms with E-state index in [2.05, 4.69) is 15.4 Å². The van der Waals surface area contributed by atoms with Gasteiger partial charge >= 0.3 is 12.2 Å². The second-order valence-electron chi connectivity index (χ2n) is 5.87. The topological polar surface area (TPSA) is 80.1 Å². The van der Waals surface area contributed by atoms with Crippen molar-refractivity contribution in [1.82, 2.24) is 14.8 Å². The fraction of sp³-hybridized carbons (Fsp3) is 0.176. The highest BCUT2D eigenvalue weighted by atomic mass is 19.4. The van der Waals surface area contributed by atoms with Crippen LogP contribution in [0.3, 0.4) is 0 Å². The zero-order valence-corrected chi connectivity index (χ0v) is 14.6. The predicted octanol–water partition coefficient (Wildman–Crippen LogP) is 3.63. The number of imide groups is 1. The quantitative estimate of drug-likeness (QED) is 0.543. The van der Waals surface area contributed by atoms with Crippen LogP contribution < -0.4 is 10.2 Å². The molecule has 2 aromatic heterocycles. The summed E-state index contributed by atoms with van der Waals surface area (Å²) in [5.74, 6) is -1.51. The SMILES string of the molecule is Cc1nn(C)c2ncc(NC(=O)N(C=O)c3ccc(F)c(C(F)(F)F)c3)cc12. The van der Waals surface area contributed by atoms with Crippen molar-refractivity contribution in [3.63, 3.8) is 0 Å². The summed E-state index contributed by atoms with van der Waals surface area (Å²) in [7, 11) is 1.70. The first-order chi connectivity index (χ1) is 13.1. The highest BCUT2D eigenvalue weighted by molar-refractivity contribution is 6.12. The summed E-state index contributed by atoms with van der Waals surface area (Å²) in [6, 6.07) is 2.35. The number of benzene rings is 1. The van der Waals surface area contributed by atoms with Crippen molar-refractivity contribution >= 4 is 34.8 Å². The minimum absolute atomic E-state index is 0.0318. The van der Waals surface area contributed by atoms with Crippen LogP contribution in [0.25, 0.3) is 11.0 Å². The Kier molecular flexibility index (Phi) is 4.75. The van der Waals surface area contributed by atoms with Crippen LogP contribution in [-0.2, 0) is 18.0 Å². The molecule has 0 saturated heterocycles. The van der Waals surface area contributed by atoms with E-state index in [0.717, 1.165) is 6.07 Å². The Labute approximate surface area is 155 Å². The number of anilines is 2. The lowest BCUT2D eigenvalue weighted by Crippen LogP contribution is -2.34. The molecular weight excluding hydrogens is 382 g/mol. The van der Waals surface area contributed by atoms with Crippen molar-refractivity contribution in [3.05, 3.63) is 47.5 Å². The lowest BCUT2D eigenvalue weighted by molar-refractivity contribution is -0.140. The molecule has 7 nitrogen and oxygen atoms in total. The molecule has 0 aliphatic rings. The lowest BCUT2D eigenvalue weighted by Gasteiger charge is -2.18. The number of halogens is 4. The second-order valence-corrected chi connectivity index (χ2v) is 5.87. The Morgan fingerprint density at radius 1 is 1.29 bits per heavy atom. The average Bonchev–Trinajstić information content (AvgIpc) is 2.89. The molecule has 2 heterocycles. The third kappa shape index (κ3) is 3.50. The predicted molar refractivity (Wildman–Crippen MR) is 92.2 cm³/mol. The molecule has 0 fully saturated rings. The van der Waals surface area contributed by atoms with Gasteiger partial charge in [-0.15, -0.1) is 0 Å². The molecule has 1 N–H and O–H groups in total. The molecular formula is C17H13F4N5O2. The Balaban J connectivity index is 1.90. The number of carbonyl (C=O) groups is 2. The highest BCUT2D eigenvalue weighted by Crippen LogP contribution is 2.34. The van der Waals surface area contributed by atoms with E-state index in [1.807, 2.05) is 0 Å². The van der Waals surface area contributed by atoms with Gasteiger partial charge in [-0.2, -0.15) is 18.3 Å². The zero-order valence-electron chi connectivity index (χ0n) is 14.6. The fourth-order valence-electron chi connectivity index (χ4n) is 2.67. The molecule has 3 amide bonds. The Morgan fingerprint density at radius 2 is 2.00 bits per heavy atom. The van der Waals surface area contributed by atoms with E-state index in [1.165, 1.54) is 6.20 Å². The van der Waals surface area contributed by atoms with Gasteiger partial charge in [0.25, 0.3) is 0 Å². The van der Waals surface area contributed by atoms with E-state index in [1.54, 1.807) is 24.7 Å². The number of urea groups is 1. The van der Waals surface area contributed by atoms with Gasteiger partial charge in [0.1, 0.15) is 5.82 Å². The monoisotopic (exact) mass is 395 g/mol. The molecule has 0 bridgehead atoms. The van der Waals surface area contributed by atoms with Crippen molar-refractivity contribution in [2.45, 2.75) is 13.1 Å². The number of aryl methyl sites for hydroxylation is 2. The molecule has 3 rings (SSSR count). The fourth-order valence-corrected chi connectivity index (χ4v) is 2.67. The van der Waals surface area contributed by atoms with Crippen molar-refractivity contribution in [2.75, 3.05) is 10.2 Å². The van der Waals surface area contributed by atoms with Gasteiger partial charge < -0.3 is 5.32 Å². The van der Waals surface area contributed by atoms with Crippen LogP contribution in [0.2, 0.25) is 0 Å². The number of carbonyl (C=O) groups excluding carboxylic acids is 2. The summed E-state index contributed by atoms with van der Waals surface area (Å²) in [5.41, 5.74) is -0.594. The average molecular weight is 395 g/mol. The normalized spacial score (nSPS) is 11.5. The zero-order chi connectivity index (χ0) is 20.6. The van der Waals surface area contributed by atoms with E-state index in [0.29, 0.717) is 33.8 Å². The van der Waals surface area contributed by atoms with Crippen molar-refractivity contribution in [1.29, 1.82) is 0 Å². The molecule has 146 valence electrons. The maximum absolute atomic E-state index is 13.4. The first-order valence-corrected chi connectivity index (χ1v) is 7.83. The molecule has 0 spiro atoms. The van der Waals surface area contributed by atoms with E-state index in [4.69, 9.17) is 0 Å². The van der Waals surface area contributed by atoms with E-state index < -0.39 is 29.3 Å². The summed E-state index contributed by atoms with van der Waals surface area (Å²) in [6.07, 6.45) is -3.63. The third-order valence-corrected chi connectivity index (χ3v) is 3.97. The number of hydrogen-bond donors (Lipinski definition) is 1.